The molecule has 3 rings (SSSR count). The van der Waals surface area contributed by atoms with E-state index in [9.17, 15) is 22.4 Å². The first-order chi connectivity index (χ1) is 19.4. The Hall–Kier alpha value is -3.72. The lowest BCUT2D eigenvalue weighted by Gasteiger charge is -2.34. The molecule has 41 heavy (non-hydrogen) atoms. The molecule has 9 heteroatoms. The number of benzene rings is 3. The Kier molecular flexibility index (Phi) is 10.7. The van der Waals surface area contributed by atoms with Gasteiger partial charge in [0.1, 0.15) is 18.4 Å². The third-order valence-corrected chi connectivity index (χ3v) is 9.16. The molecule has 0 aliphatic carbocycles. The van der Waals surface area contributed by atoms with E-state index >= 15 is 0 Å². The van der Waals surface area contributed by atoms with Crippen molar-refractivity contribution in [3.05, 3.63) is 94.8 Å². The van der Waals surface area contributed by atoms with Gasteiger partial charge < -0.3 is 10.2 Å². The van der Waals surface area contributed by atoms with Crippen LogP contribution in [0.3, 0.4) is 0 Å². The van der Waals surface area contributed by atoms with Gasteiger partial charge in [0.25, 0.3) is 10.0 Å². The van der Waals surface area contributed by atoms with E-state index in [0.29, 0.717) is 24.1 Å². The maximum Gasteiger partial charge on any atom is 0.264 e. The maximum absolute atomic E-state index is 14.2. The first-order valence-corrected chi connectivity index (χ1v) is 15.3. The molecule has 1 N–H and O–H groups in total. The van der Waals surface area contributed by atoms with Crippen molar-refractivity contribution in [3.8, 4) is 0 Å². The molecule has 7 nitrogen and oxygen atoms in total. The Bertz CT molecular complexity index is 1460. The lowest BCUT2D eigenvalue weighted by atomic mass is 10.1. The number of nitrogens with zero attached hydrogens (tertiary/aromatic N) is 2. The second kappa shape index (κ2) is 13.8. The average molecular weight is 582 g/mol. The van der Waals surface area contributed by atoms with Crippen LogP contribution >= 0.6 is 0 Å². The minimum Gasteiger partial charge on any atom is -0.352 e. The molecular formula is C32H40FN3O4S. The van der Waals surface area contributed by atoms with E-state index in [-0.39, 0.29) is 23.4 Å². The van der Waals surface area contributed by atoms with Gasteiger partial charge in [-0.3, -0.25) is 13.9 Å². The summed E-state index contributed by atoms with van der Waals surface area (Å²) < 4.78 is 42.9. The zero-order chi connectivity index (χ0) is 30.3. The van der Waals surface area contributed by atoms with Gasteiger partial charge in [-0.2, -0.15) is 0 Å². The van der Waals surface area contributed by atoms with Crippen molar-refractivity contribution in [2.24, 2.45) is 0 Å². The van der Waals surface area contributed by atoms with Crippen molar-refractivity contribution in [2.45, 2.75) is 77.9 Å². The molecule has 2 atom stereocenters. The summed E-state index contributed by atoms with van der Waals surface area (Å²) in [7, 11) is -4.16. The van der Waals surface area contributed by atoms with E-state index in [2.05, 4.69) is 5.32 Å². The number of anilines is 1. The molecule has 0 saturated heterocycles. The van der Waals surface area contributed by atoms with E-state index in [1.54, 1.807) is 43.3 Å². The molecule has 0 saturated carbocycles. The van der Waals surface area contributed by atoms with Crippen LogP contribution in [0.1, 0.15) is 55.9 Å². The Labute approximate surface area is 243 Å². The lowest BCUT2D eigenvalue weighted by Crippen LogP contribution is -2.53. The van der Waals surface area contributed by atoms with E-state index in [1.165, 1.54) is 29.2 Å². The normalized spacial score (nSPS) is 12.9. The Morgan fingerprint density at radius 1 is 0.902 bits per heavy atom. The van der Waals surface area contributed by atoms with Gasteiger partial charge in [0.15, 0.2) is 0 Å². The average Bonchev–Trinajstić information content (AvgIpc) is 2.94. The van der Waals surface area contributed by atoms with Gasteiger partial charge in [0, 0.05) is 12.6 Å². The summed E-state index contributed by atoms with van der Waals surface area (Å²) in [4.78, 5) is 28.9. The highest BCUT2D eigenvalue weighted by molar-refractivity contribution is 7.92. The van der Waals surface area contributed by atoms with Crippen molar-refractivity contribution in [2.75, 3.05) is 10.8 Å². The predicted molar refractivity (Wildman–Crippen MR) is 161 cm³/mol. The van der Waals surface area contributed by atoms with Crippen LogP contribution in [0.25, 0.3) is 0 Å². The van der Waals surface area contributed by atoms with Crippen LogP contribution < -0.4 is 9.62 Å². The van der Waals surface area contributed by atoms with Crippen molar-refractivity contribution in [3.63, 3.8) is 0 Å². The second-order valence-corrected chi connectivity index (χ2v) is 12.3. The van der Waals surface area contributed by atoms with E-state index < -0.39 is 34.3 Å². The van der Waals surface area contributed by atoms with Gasteiger partial charge in [-0.25, -0.2) is 12.8 Å². The van der Waals surface area contributed by atoms with E-state index in [1.807, 2.05) is 40.7 Å². The van der Waals surface area contributed by atoms with Crippen LogP contribution in [0.15, 0.2) is 71.6 Å². The zero-order valence-electron chi connectivity index (χ0n) is 24.6. The standard InChI is InChI=1S/C32H40FN3O4S/c1-7-24(5)34-32(38)29(8-2)35(20-26-14-16-27(33)17-15-26)31(37)21-36(30-11-9-10-23(4)25(30)6)41(39,40)28-18-12-22(3)13-19-28/h9-19,24,29H,7-8,20-21H2,1-6H3,(H,34,38)/t24-,29+/m0/s1. The predicted octanol–water partition coefficient (Wildman–Crippen LogP) is 5.67. The number of hydrogen-bond acceptors (Lipinski definition) is 4. The summed E-state index contributed by atoms with van der Waals surface area (Å²) in [5.74, 6) is -1.28. The first-order valence-electron chi connectivity index (χ1n) is 13.9. The Morgan fingerprint density at radius 3 is 2.12 bits per heavy atom. The quantitative estimate of drug-likeness (QED) is 0.299. The molecule has 0 aliphatic rings. The molecular weight excluding hydrogens is 541 g/mol. The smallest absolute Gasteiger partial charge is 0.264 e. The second-order valence-electron chi connectivity index (χ2n) is 10.4. The van der Waals surface area contributed by atoms with E-state index in [0.717, 1.165) is 21.0 Å². The largest absolute Gasteiger partial charge is 0.352 e. The number of amides is 2. The summed E-state index contributed by atoms with van der Waals surface area (Å²) in [5.41, 5.74) is 3.51. The van der Waals surface area contributed by atoms with Crippen LogP contribution in [-0.4, -0.2) is 43.8 Å². The highest BCUT2D eigenvalue weighted by Crippen LogP contribution is 2.29. The Balaban J connectivity index is 2.10. The molecule has 3 aromatic rings. The summed E-state index contributed by atoms with van der Waals surface area (Å²) >= 11 is 0. The molecule has 0 aliphatic heterocycles. The molecule has 0 bridgehead atoms. The number of nitrogens with one attached hydrogen (secondary N) is 1. The molecule has 2 amide bonds. The fraction of sp³-hybridized carbons (Fsp3) is 0.375. The third-order valence-electron chi connectivity index (χ3n) is 7.39. The summed E-state index contributed by atoms with van der Waals surface area (Å²) in [5, 5.41) is 2.95. The number of aryl methyl sites for hydroxylation is 2. The number of carbonyl (C=O) groups excluding carboxylic acids is 2. The van der Waals surface area contributed by atoms with Crippen LogP contribution in [0.2, 0.25) is 0 Å². The molecule has 0 radical (unpaired) electrons. The molecule has 0 unspecified atom stereocenters. The number of sulfonamides is 1. The molecule has 0 aromatic heterocycles. The van der Waals surface area contributed by atoms with Crippen LogP contribution in [0.4, 0.5) is 10.1 Å². The first kappa shape index (κ1) is 31.8. The van der Waals surface area contributed by atoms with E-state index in [4.69, 9.17) is 0 Å². The number of hydrogen-bond donors (Lipinski definition) is 1. The summed E-state index contributed by atoms with van der Waals surface area (Å²) in [6, 6.07) is 16.5. The van der Waals surface area contributed by atoms with Gasteiger partial charge >= 0.3 is 0 Å². The molecule has 220 valence electrons. The number of carbonyl (C=O) groups is 2. The van der Waals surface area contributed by atoms with Crippen LogP contribution in [0, 0.1) is 26.6 Å². The molecule has 0 spiro atoms. The van der Waals surface area contributed by atoms with Crippen LogP contribution in [0.5, 0.6) is 0 Å². The van der Waals surface area contributed by atoms with Crippen molar-refractivity contribution in [1.82, 2.24) is 10.2 Å². The van der Waals surface area contributed by atoms with Gasteiger partial charge in [-0.05, 0) is 87.6 Å². The van der Waals surface area contributed by atoms with Crippen molar-refractivity contribution in [1.29, 1.82) is 0 Å². The summed E-state index contributed by atoms with van der Waals surface area (Å²) in [6.45, 7) is 10.7. The molecule has 0 heterocycles. The summed E-state index contributed by atoms with van der Waals surface area (Å²) in [6.07, 6.45) is 1.02. The highest BCUT2D eigenvalue weighted by Gasteiger charge is 2.34. The minimum absolute atomic E-state index is 0.0107. The van der Waals surface area contributed by atoms with Gasteiger partial charge in [-0.15, -0.1) is 0 Å². The minimum atomic E-state index is -4.16. The SMILES string of the molecule is CC[C@H](C(=O)N[C@@H](C)CC)N(Cc1ccc(F)cc1)C(=O)CN(c1cccc(C)c1C)S(=O)(=O)c1ccc(C)cc1. The van der Waals surface area contributed by atoms with Gasteiger partial charge in [-0.1, -0.05) is 55.8 Å². The topological polar surface area (TPSA) is 86.8 Å². The third kappa shape index (κ3) is 7.73. The number of halogens is 1. The molecule has 0 fully saturated rings. The monoisotopic (exact) mass is 581 g/mol. The lowest BCUT2D eigenvalue weighted by molar-refractivity contribution is -0.140. The number of rotatable bonds is 12. The highest BCUT2D eigenvalue weighted by atomic mass is 32.2. The fourth-order valence-corrected chi connectivity index (χ4v) is 5.98. The van der Waals surface area contributed by atoms with Crippen LogP contribution in [-0.2, 0) is 26.2 Å². The Morgan fingerprint density at radius 2 is 1.54 bits per heavy atom. The van der Waals surface area contributed by atoms with Crippen molar-refractivity contribution < 1.29 is 22.4 Å². The van der Waals surface area contributed by atoms with Gasteiger partial charge in [0.05, 0.1) is 10.6 Å². The zero-order valence-corrected chi connectivity index (χ0v) is 25.5. The maximum atomic E-state index is 14.2. The fourth-order valence-electron chi connectivity index (χ4n) is 4.50. The van der Waals surface area contributed by atoms with Gasteiger partial charge in [0.2, 0.25) is 11.8 Å². The van der Waals surface area contributed by atoms with Crippen molar-refractivity contribution >= 4 is 27.5 Å². The molecule has 3 aromatic carbocycles.